The molecule has 0 radical (unpaired) electrons. The lowest BCUT2D eigenvalue weighted by molar-refractivity contribution is 0.772. The molecule has 2 heterocycles. The smallest absolute Gasteiger partial charge is 0.281 e. The van der Waals surface area contributed by atoms with Gasteiger partial charge in [0.15, 0.2) is 0 Å². The molecule has 0 bridgehead atoms. The first kappa shape index (κ1) is 14.5. The Kier molecular flexibility index (Phi) is 3.47. The standard InChI is InChI=1S/C18H12Cl2N2O/c19-14-6-3-4-11(16(14)20)10-12-8-9-22-15-7-2-1-5-13(15)18(23)21-17(12)22/h1-7,10H,8-9H2/b12-10-. The van der Waals surface area contributed by atoms with Crippen molar-refractivity contribution in [1.82, 2.24) is 9.55 Å². The lowest BCUT2D eigenvalue weighted by atomic mass is 10.1. The molecule has 0 saturated heterocycles. The highest BCUT2D eigenvalue weighted by Gasteiger charge is 2.20. The fourth-order valence-corrected chi connectivity index (χ4v) is 3.36. The highest BCUT2D eigenvalue weighted by atomic mass is 35.5. The second-order valence-corrected chi connectivity index (χ2v) is 6.26. The van der Waals surface area contributed by atoms with Gasteiger partial charge in [0, 0.05) is 6.54 Å². The lowest BCUT2D eigenvalue weighted by Gasteiger charge is -2.07. The molecule has 0 spiro atoms. The molecule has 114 valence electrons. The third kappa shape index (κ3) is 2.37. The van der Waals surface area contributed by atoms with E-state index in [9.17, 15) is 4.79 Å². The average molecular weight is 343 g/mol. The molecule has 0 saturated carbocycles. The van der Waals surface area contributed by atoms with Crippen LogP contribution < -0.4 is 5.56 Å². The summed E-state index contributed by atoms with van der Waals surface area (Å²) in [5.74, 6) is 0.713. The summed E-state index contributed by atoms with van der Waals surface area (Å²) >= 11 is 12.3. The summed E-state index contributed by atoms with van der Waals surface area (Å²) in [4.78, 5) is 16.5. The van der Waals surface area contributed by atoms with Crippen molar-refractivity contribution in [2.75, 3.05) is 0 Å². The maximum Gasteiger partial charge on any atom is 0.281 e. The third-order valence-corrected chi connectivity index (χ3v) is 4.93. The molecule has 4 rings (SSSR count). The number of rotatable bonds is 1. The minimum atomic E-state index is -0.197. The Hall–Kier alpha value is -2.10. The molecule has 3 nitrogen and oxygen atoms in total. The van der Waals surface area contributed by atoms with Crippen LogP contribution in [0.25, 0.3) is 22.6 Å². The number of allylic oxidation sites excluding steroid dienone is 1. The number of fused-ring (bicyclic) bond motifs is 3. The van der Waals surface area contributed by atoms with E-state index in [4.69, 9.17) is 23.2 Å². The fourth-order valence-electron chi connectivity index (χ4n) is 2.99. The van der Waals surface area contributed by atoms with Crippen LogP contribution >= 0.6 is 23.2 Å². The predicted octanol–water partition coefficient (Wildman–Crippen LogP) is 4.65. The minimum Gasteiger partial charge on any atom is -0.325 e. The summed E-state index contributed by atoms with van der Waals surface area (Å²) < 4.78 is 2.08. The van der Waals surface area contributed by atoms with Crippen molar-refractivity contribution in [2.24, 2.45) is 0 Å². The number of nitrogens with zero attached hydrogens (tertiary/aromatic N) is 2. The van der Waals surface area contributed by atoms with E-state index < -0.39 is 0 Å². The van der Waals surface area contributed by atoms with Crippen LogP contribution in [0.3, 0.4) is 0 Å². The minimum absolute atomic E-state index is 0.197. The van der Waals surface area contributed by atoms with Gasteiger partial charge in [-0.3, -0.25) is 4.79 Å². The Morgan fingerprint density at radius 3 is 2.78 bits per heavy atom. The van der Waals surface area contributed by atoms with Gasteiger partial charge in [-0.15, -0.1) is 0 Å². The fraction of sp³-hybridized carbons (Fsp3) is 0.111. The molecule has 0 fully saturated rings. The van der Waals surface area contributed by atoms with Crippen LogP contribution in [0.5, 0.6) is 0 Å². The number of aryl methyl sites for hydroxylation is 1. The first-order valence-electron chi connectivity index (χ1n) is 7.30. The number of para-hydroxylation sites is 1. The average Bonchev–Trinajstić information content (AvgIpc) is 2.95. The van der Waals surface area contributed by atoms with Crippen LogP contribution in [0.2, 0.25) is 10.0 Å². The van der Waals surface area contributed by atoms with E-state index in [1.807, 2.05) is 42.5 Å². The molecule has 0 unspecified atom stereocenters. The van der Waals surface area contributed by atoms with Crippen LogP contribution in [-0.4, -0.2) is 9.55 Å². The zero-order valence-electron chi connectivity index (χ0n) is 12.1. The molecule has 1 aromatic heterocycles. The maximum absolute atomic E-state index is 12.3. The molecular formula is C18H12Cl2N2O. The van der Waals surface area contributed by atoms with Gasteiger partial charge < -0.3 is 4.57 Å². The van der Waals surface area contributed by atoms with Crippen molar-refractivity contribution >= 4 is 45.8 Å². The lowest BCUT2D eigenvalue weighted by Crippen LogP contribution is -2.14. The van der Waals surface area contributed by atoms with Crippen LogP contribution in [0.4, 0.5) is 0 Å². The van der Waals surface area contributed by atoms with Crippen molar-refractivity contribution in [3.8, 4) is 0 Å². The van der Waals surface area contributed by atoms with E-state index in [-0.39, 0.29) is 5.56 Å². The van der Waals surface area contributed by atoms with Crippen LogP contribution in [0, 0.1) is 0 Å². The molecule has 23 heavy (non-hydrogen) atoms. The van der Waals surface area contributed by atoms with Gasteiger partial charge in [-0.2, -0.15) is 4.98 Å². The van der Waals surface area contributed by atoms with E-state index in [0.29, 0.717) is 21.3 Å². The molecule has 1 aliphatic rings. The normalized spacial score (nSPS) is 15.3. The zero-order chi connectivity index (χ0) is 16.0. The summed E-state index contributed by atoms with van der Waals surface area (Å²) in [5.41, 5.74) is 2.56. The maximum atomic E-state index is 12.3. The van der Waals surface area contributed by atoms with Gasteiger partial charge in [0.05, 0.1) is 20.9 Å². The van der Waals surface area contributed by atoms with Crippen molar-refractivity contribution in [3.05, 3.63) is 74.3 Å². The summed E-state index contributed by atoms with van der Waals surface area (Å²) in [6.07, 6.45) is 2.78. The molecule has 3 aromatic rings. The highest BCUT2D eigenvalue weighted by Crippen LogP contribution is 2.33. The predicted molar refractivity (Wildman–Crippen MR) is 95.0 cm³/mol. The van der Waals surface area contributed by atoms with Crippen molar-refractivity contribution in [2.45, 2.75) is 13.0 Å². The molecule has 2 aromatic carbocycles. The highest BCUT2D eigenvalue weighted by molar-refractivity contribution is 6.43. The second-order valence-electron chi connectivity index (χ2n) is 5.47. The Labute approximate surface area is 142 Å². The quantitative estimate of drug-likeness (QED) is 0.645. The third-order valence-electron chi connectivity index (χ3n) is 4.09. The summed E-state index contributed by atoms with van der Waals surface area (Å²) in [6, 6.07) is 13.1. The van der Waals surface area contributed by atoms with Crippen LogP contribution in [-0.2, 0) is 6.54 Å². The first-order valence-corrected chi connectivity index (χ1v) is 8.05. The van der Waals surface area contributed by atoms with Gasteiger partial charge in [-0.05, 0) is 41.8 Å². The van der Waals surface area contributed by atoms with Crippen molar-refractivity contribution < 1.29 is 0 Å². The van der Waals surface area contributed by atoms with E-state index >= 15 is 0 Å². The molecule has 1 aliphatic heterocycles. The number of halogens is 2. The molecule has 0 amide bonds. The Balaban J connectivity index is 1.93. The number of hydrogen-bond donors (Lipinski definition) is 0. The molecular weight excluding hydrogens is 331 g/mol. The van der Waals surface area contributed by atoms with Gasteiger partial charge in [-0.25, -0.2) is 0 Å². The molecule has 0 aliphatic carbocycles. The van der Waals surface area contributed by atoms with Gasteiger partial charge in [0.2, 0.25) is 0 Å². The number of aromatic nitrogens is 2. The zero-order valence-corrected chi connectivity index (χ0v) is 13.6. The van der Waals surface area contributed by atoms with Crippen molar-refractivity contribution in [3.63, 3.8) is 0 Å². The Bertz CT molecular complexity index is 1020. The molecule has 0 atom stereocenters. The van der Waals surface area contributed by atoms with Gasteiger partial charge in [0.1, 0.15) is 5.82 Å². The van der Waals surface area contributed by atoms with Crippen LogP contribution in [0.15, 0.2) is 47.3 Å². The first-order chi connectivity index (χ1) is 11.1. The monoisotopic (exact) mass is 342 g/mol. The Morgan fingerprint density at radius 2 is 1.91 bits per heavy atom. The molecule has 5 heteroatoms. The number of benzene rings is 2. The second kappa shape index (κ2) is 5.52. The SMILES string of the molecule is O=c1nc2n(c3ccccc13)CC/C2=C/c1cccc(Cl)c1Cl. The summed E-state index contributed by atoms with van der Waals surface area (Å²) in [5, 5.41) is 1.68. The van der Waals surface area contributed by atoms with Gasteiger partial charge >= 0.3 is 0 Å². The van der Waals surface area contributed by atoms with Gasteiger partial charge in [-0.1, -0.05) is 47.5 Å². The van der Waals surface area contributed by atoms with E-state index in [1.54, 1.807) is 6.07 Å². The summed E-state index contributed by atoms with van der Waals surface area (Å²) in [6.45, 7) is 0.799. The van der Waals surface area contributed by atoms with Gasteiger partial charge in [0.25, 0.3) is 5.56 Å². The van der Waals surface area contributed by atoms with Crippen molar-refractivity contribution in [1.29, 1.82) is 0 Å². The van der Waals surface area contributed by atoms with E-state index in [0.717, 1.165) is 29.6 Å². The summed E-state index contributed by atoms with van der Waals surface area (Å²) in [7, 11) is 0. The van der Waals surface area contributed by atoms with Crippen LogP contribution in [0.1, 0.15) is 17.8 Å². The topological polar surface area (TPSA) is 34.9 Å². The number of hydrogen-bond acceptors (Lipinski definition) is 2. The molecule has 0 N–H and O–H groups in total. The Morgan fingerprint density at radius 1 is 1.09 bits per heavy atom. The van der Waals surface area contributed by atoms with E-state index in [1.165, 1.54) is 0 Å². The largest absolute Gasteiger partial charge is 0.325 e. The van der Waals surface area contributed by atoms with E-state index in [2.05, 4.69) is 9.55 Å².